The molecule has 1 aliphatic heterocycles. The van der Waals surface area contributed by atoms with Gasteiger partial charge >= 0.3 is 5.97 Å². The van der Waals surface area contributed by atoms with Gasteiger partial charge in [-0.15, -0.1) is 0 Å². The average Bonchev–Trinajstić information content (AvgIpc) is 2.80. The maximum absolute atomic E-state index is 14.4. The summed E-state index contributed by atoms with van der Waals surface area (Å²) < 4.78 is 20.5. The third kappa shape index (κ3) is 3.81. The van der Waals surface area contributed by atoms with Crippen molar-refractivity contribution in [1.29, 1.82) is 0 Å². The highest BCUT2D eigenvalue weighted by molar-refractivity contribution is 5.94. The predicted octanol–water partition coefficient (Wildman–Crippen LogP) is 2.32. The number of aromatic nitrogens is 2. The second kappa shape index (κ2) is 8.41. The first-order valence-electron chi connectivity index (χ1n) is 10.3. The lowest BCUT2D eigenvalue weighted by Gasteiger charge is -2.32. The molecule has 0 spiro atoms. The molecular formula is C23H23FN4O4. The number of benzene rings is 2. The number of nitrogens with zero attached hydrogens (tertiary/aromatic N) is 3. The van der Waals surface area contributed by atoms with E-state index >= 15 is 0 Å². The minimum Gasteiger partial charge on any atom is -0.465 e. The number of halogens is 1. The molecule has 1 fully saturated rings. The van der Waals surface area contributed by atoms with Gasteiger partial charge in [-0.25, -0.2) is 18.7 Å². The lowest BCUT2D eigenvalue weighted by Crippen LogP contribution is -2.41. The van der Waals surface area contributed by atoms with Crippen LogP contribution in [0.15, 0.2) is 41.2 Å². The molecule has 2 heterocycles. The second-order valence-electron chi connectivity index (χ2n) is 7.87. The molecule has 2 N–H and O–H groups in total. The van der Waals surface area contributed by atoms with Crippen LogP contribution in [-0.4, -0.2) is 41.6 Å². The molecular weight excluding hydrogens is 415 g/mol. The Labute approximate surface area is 183 Å². The van der Waals surface area contributed by atoms with Crippen molar-refractivity contribution in [3.05, 3.63) is 63.7 Å². The standard InChI is InChI=1S/C23H23FN4O4/c1-13-3-5-16(12-18(13)24)28-21(30)17-6-4-15(22(31)32-2)11-19(17)26-23(28)27-9-7-14(8-10-27)20(25)29/h3-6,11-12,14H,7-10H2,1-2H3,(H2,25,29). The Kier molecular flexibility index (Phi) is 5.65. The summed E-state index contributed by atoms with van der Waals surface area (Å²) in [5.74, 6) is -1.25. The van der Waals surface area contributed by atoms with Gasteiger partial charge in [0.15, 0.2) is 0 Å². The minimum absolute atomic E-state index is 0.241. The number of anilines is 1. The minimum atomic E-state index is -0.540. The van der Waals surface area contributed by atoms with Crippen LogP contribution in [0.4, 0.5) is 10.3 Å². The number of primary amides is 1. The number of ether oxygens (including phenoxy) is 1. The molecule has 0 aliphatic carbocycles. The second-order valence-corrected chi connectivity index (χ2v) is 7.87. The van der Waals surface area contributed by atoms with E-state index in [2.05, 4.69) is 4.98 Å². The number of hydrogen-bond acceptors (Lipinski definition) is 6. The van der Waals surface area contributed by atoms with Crippen LogP contribution in [0.5, 0.6) is 0 Å². The van der Waals surface area contributed by atoms with Crippen LogP contribution >= 0.6 is 0 Å². The smallest absolute Gasteiger partial charge is 0.337 e. The van der Waals surface area contributed by atoms with Gasteiger partial charge < -0.3 is 15.4 Å². The molecule has 0 saturated carbocycles. The van der Waals surface area contributed by atoms with E-state index in [4.69, 9.17) is 10.5 Å². The lowest BCUT2D eigenvalue weighted by molar-refractivity contribution is -0.122. The number of amides is 1. The summed E-state index contributed by atoms with van der Waals surface area (Å²) in [7, 11) is 1.28. The van der Waals surface area contributed by atoms with E-state index in [0.717, 1.165) is 0 Å². The number of fused-ring (bicyclic) bond motifs is 1. The van der Waals surface area contributed by atoms with Crippen LogP contribution in [-0.2, 0) is 9.53 Å². The third-order valence-electron chi connectivity index (χ3n) is 5.87. The molecule has 0 radical (unpaired) electrons. The van der Waals surface area contributed by atoms with Gasteiger partial charge in [0, 0.05) is 19.0 Å². The number of carbonyl (C=O) groups excluding carboxylic acids is 2. The number of nitrogens with two attached hydrogens (primary N) is 1. The molecule has 4 rings (SSSR count). The largest absolute Gasteiger partial charge is 0.465 e. The molecule has 1 aromatic heterocycles. The summed E-state index contributed by atoms with van der Waals surface area (Å²) in [6, 6.07) is 9.08. The summed E-state index contributed by atoms with van der Waals surface area (Å²) in [6.45, 7) is 2.55. The normalized spacial score (nSPS) is 14.5. The Hall–Kier alpha value is -3.75. The Morgan fingerprint density at radius 1 is 1.16 bits per heavy atom. The maximum atomic E-state index is 14.4. The summed E-state index contributed by atoms with van der Waals surface area (Å²) >= 11 is 0. The molecule has 32 heavy (non-hydrogen) atoms. The monoisotopic (exact) mass is 438 g/mol. The highest BCUT2D eigenvalue weighted by atomic mass is 19.1. The Balaban J connectivity index is 1.91. The number of rotatable bonds is 4. The van der Waals surface area contributed by atoms with Crippen LogP contribution in [0.25, 0.3) is 16.6 Å². The molecule has 2 aromatic carbocycles. The van der Waals surface area contributed by atoms with E-state index in [0.29, 0.717) is 48.6 Å². The molecule has 9 heteroatoms. The van der Waals surface area contributed by atoms with Crippen molar-refractivity contribution < 1.29 is 18.7 Å². The van der Waals surface area contributed by atoms with E-state index < -0.39 is 11.8 Å². The first-order valence-corrected chi connectivity index (χ1v) is 10.3. The zero-order valence-electron chi connectivity index (χ0n) is 17.8. The fraction of sp³-hybridized carbons (Fsp3) is 0.304. The Morgan fingerprint density at radius 2 is 1.88 bits per heavy atom. The van der Waals surface area contributed by atoms with Crippen LogP contribution in [0, 0.1) is 18.7 Å². The number of esters is 1. The summed E-state index contributed by atoms with van der Waals surface area (Å²) in [4.78, 5) is 43.6. The van der Waals surface area contributed by atoms with Gasteiger partial charge in [0.2, 0.25) is 11.9 Å². The maximum Gasteiger partial charge on any atom is 0.337 e. The van der Waals surface area contributed by atoms with Gasteiger partial charge in [-0.05, 0) is 55.7 Å². The van der Waals surface area contributed by atoms with E-state index in [-0.39, 0.29) is 28.3 Å². The van der Waals surface area contributed by atoms with E-state index in [9.17, 15) is 18.8 Å². The topological polar surface area (TPSA) is 108 Å². The number of piperidine rings is 1. The SMILES string of the molecule is COC(=O)c1ccc2c(=O)n(-c3ccc(C)c(F)c3)c(N3CCC(C(N)=O)CC3)nc2c1. The number of methoxy groups -OCH3 is 1. The van der Waals surface area contributed by atoms with Crippen molar-refractivity contribution in [3.63, 3.8) is 0 Å². The number of aryl methyl sites for hydroxylation is 1. The quantitative estimate of drug-likeness (QED) is 0.627. The highest BCUT2D eigenvalue weighted by Gasteiger charge is 2.27. The van der Waals surface area contributed by atoms with E-state index in [1.165, 1.54) is 35.9 Å². The number of carbonyl (C=O) groups is 2. The summed E-state index contributed by atoms with van der Waals surface area (Å²) in [6.07, 6.45) is 1.04. The molecule has 8 nitrogen and oxygen atoms in total. The van der Waals surface area contributed by atoms with Gasteiger partial charge in [-0.3, -0.25) is 9.59 Å². The molecule has 1 amide bonds. The molecule has 1 saturated heterocycles. The third-order valence-corrected chi connectivity index (χ3v) is 5.87. The van der Waals surface area contributed by atoms with Crippen LogP contribution in [0.1, 0.15) is 28.8 Å². The van der Waals surface area contributed by atoms with Crippen LogP contribution < -0.4 is 16.2 Å². The Bertz CT molecular complexity index is 1280. The van der Waals surface area contributed by atoms with Gasteiger partial charge in [0.1, 0.15) is 5.82 Å². The van der Waals surface area contributed by atoms with E-state index in [1.807, 2.05) is 4.90 Å². The van der Waals surface area contributed by atoms with Crippen molar-refractivity contribution in [2.75, 3.05) is 25.1 Å². The summed E-state index contributed by atoms with van der Waals surface area (Å²) in [5.41, 5.74) is 6.46. The van der Waals surface area contributed by atoms with Crippen LogP contribution in [0.3, 0.4) is 0 Å². The van der Waals surface area contributed by atoms with Gasteiger partial charge in [-0.1, -0.05) is 6.07 Å². The van der Waals surface area contributed by atoms with Crippen molar-refractivity contribution in [2.45, 2.75) is 19.8 Å². The molecule has 0 atom stereocenters. The molecule has 3 aromatic rings. The first-order chi connectivity index (χ1) is 15.3. The Morgan fingerprint density at radius 3 is 2.50 bits per heavy atom. The molecule has 166 valence electrons. The first kappa shape index (κ1) is 21.5. The predicted molar refractivity (Wildman–Crippen MR) is 118 cm³/mol. The van der Waals surface area contributed by atoms with Crippen molar-refractivity contribution in [3.8, 4) is 5.69 Å². The fourth-order valence-electron chi connectivity index (χ4n) is 3.95. The molecule has 1 aliphatic rings. The number of hydrogen-bond donors (Lipinski definition) is 1. The van der Waals surface area contributed by atoms with Gasteiger partial charge in [0.05, 0.1) is 29.3 Å². The van der Waals surface area contributed by atoms with E-state index in [1.54, 1.807) is 19.1 Å². The highest BCUT2D eigenvalue weighted by Crippen LogP contribution is 2.26. The zero-order valence-corrected chi connectivity index (χ0v) is 17.8. The average molecular weight is 438 g/mol. The van der Waals surface area contributed by atoms with Crippen molar-refractivity contribution >= 4 is 28.7 Å². The van der Waals surface area contributed by atoms with Gasteiger partial charge in [-0.2, -0.15) is 0 Å². The van der Waals surface area contributed by atoms with Crippen LogP contribution in [0.2, 0.25) is 0 Å². The van der Waals surface area contributed by atoms with Gasteiger partial charge in [0.25, 0.3) is 5.56 Å². The zero-order chi connectivity index (χ0) is 23.0. The molecule has 0 unspecified atom stereocenters. The summed E-state index contributed by atoms with van der Waals surface area (Å²) in [5, 5.41) is 0.286. The fourth-order valence-corrected chi connectivity index (χ4v) is 3.95. The van der Waals surface area contributed by atoms with Crippen molar-refractivity contribution in [2.24, 2.45) is 11.7 Å². The van der Waals surface area contributed by atoms with Crippen molar-refractivity contribution in [1.82, 2.24) is 9.55 Å². The lowest BCUT2D eigenvalue weighted by atomic mass is 9.96. The molecule has 0 bridgehead atoms.